The maximum atomic E-state index is 11.4. The van der Waals surface area contributed by atoms with Gasteiger partial charge in [-0.2, -0.15) is 0 Å². The lowest BCUT2D eigenvalue weighted by atomic mass is 9.85. The first-order chi connectivity index (χ1) is 11.2. The van der Waals surface area contributed by atoms with Crippen LogP contribution in [-0.2, 0) is 11.3 Å². The molecule has 1 unspecified atom stereocenters. The molecule has 0 saturated carbocycles. The summed E-state index contributed by atoms with van der Waals surface area (Å²) in [7, 11) is 0. The lowest BCUT2D eigenvalue weighted by Gasteiger charge is -2.23. The Morgan fingerprint density at radius 1 is 1.22 bits per heavy atom. The van der Waals surface area contributed by atoms with E-state index >= 15 is 0 Å². The third-order valence-electron chi connectivity index (χ3n) is 4.43. The summed E-state index contributed by atoms with van der Waals surface area (Å²) in [4.78, 5) is 13.7. The van der Waals surface area contributed by atoms with E-state index in [1.54, 1.807) is 0 Å². The molecule has 0 aliphatic heterocycles. The van der Waals surface area contributed by atoms with Crippen LogP contribution in [0.3, 0.4) is 0 Å². The van der Waals surface area contributed by atoms with Crippen LogP contribution in [0.25, 0.3) is 11.0 Å². The van der Waals surface area contributed by atoms with Gasteiger partial charge in [0, 0.05) is 11.8 Å². The molecule has 0 fully saturated rings. The number of nitrogens with one attached hydrogen (secondary N) is 1. The SMILES string of the molecule is Cc1cnc2c(c1)C(=S=O)CCC2c1nc2ccc(C)cc2[nH]1. The molecule has 2 aromatic heterocycles. The number of hydrogen-bond donors (Lipinski definition) is 1. The van der Waals surface area contributed by atoms with Gasteiger partial charge < -0.3 is 4.98 Å². The molecule has 116 valence electrons. The van der Waals surface area contributed by atoms with Crippen molar-refractivity contribution in [1.29, 1.82) is 0 Å². The van der Waals surface area contributed by atoms with Gasteiger partial charge >= 0.3 is 0 Å². The number of imidazole rings is 1. The number of aromatic nitrogens is 3. The summed E-state index contributed by atoms with van der Waals surface area (Å²) in [6, 6.07) is 8.30. The van der Waals surface area contributed by atoms with Crippen molar-refractivity contribution in [2.24, 2.45) is 0 Å². The first-order valence-corrected chi connectivity index (χ1v) is 8.48. The number of rotatable bonds is 1. The molecule has 0 spiro atoms. The monoisotopic (exact) mass is 323 g/mol. The Morgan fingerprint density at radius 2 is 2.09 bits per heavy atom. The van der Waals surface area contributed by atoms with E-state index in [0.717, 1.165) is 51.4 Å². The van der Waals surface area contributed by atoms with Crippen LogP contribution in [0.1, 0.15) is 47.0 Å². The largest absolute Gasteiger partial charge is 0.341 e. The van der Waals surface area contributed by atoms with Crippen LogP contribution in [0, 0.1) is 13.8 Å². The molecule has 4 nitrogen and oxygen atoms in total. The van der Waals surface area contributed by atoms with Crippen LogP contribution in [0.2, 0.25) is 0 Å². The summed E-state index contributed by atoms with van der Waals surface area (Å²) in [6.45, 7) is 4.08. The number of aromatic amines is 1. The van der Waals surface area contributed by atoms with E-state index in [-0.39, 0.29) is 5.92 Å². The number of hydrogen-bond acceptors (Lipinski definition) is 3. The highest BCUT2D eigenvalue weighted by Gasteiger charge is 2.29. The number of aryl methyl sites for hydroxylation is 2. The number of fused-ring (bicyclic) bond motifs is 2. The zero-order valence-corrected chi connectivity index (χ0v) is 13.9. The lowest BCUT2D eigenvalue weighted by Crippen LogP contribution is -2.20. The second-order valence-corrected chi connectivity index (χ2v) is 6.85. The summed E-state index contributed by atoms with van der Waals surface area (Å²) in [5.74, 6) is 1.06. The van der Waals surface area contributed by atoms with E-state index in [0.29, 0.717) is 11.3 Å². The van der Waals surface area contributed by atoms with Gasteiger partial charge in [0.25, 0.3) is 0 Å². The van der Waals surface area contributed by atoms with Gasteiger partial charge in [-0.3, -0.25) is 4.98 Å². The van der Waals surface area contributed by atoms with Gasteiger partial charge in [-0.25, -0.2) is 9.19 Å². The maximum absolute atomic E-state index is 11.4. The highest BCUT2D eigenvalue weighted by molar-refractivity contribution is 7.67. The summed E-state index contributed by atoms with van der Waals surface area (Å²) in [6.07, 6.45) is 3.52. The molecule has 1 aromatic carbocycles. The van der Waals surface area contributed by atoms with Crippen molar-refractivity contribution in [2.75, 3.05) is 0 Å². The molecule has 0 saturated heterocycles. The standard InChI is InChI=1S/C18H17N3OS/c1-10-3-5-14-15(8-10)21-18(20-14)12-4-6-16(23-22)13-7-11(2)9-19-17(12)13/h3,5,7-9,12H,4,6H2,1-2H3,(H,20,21). The molecule has 5 heteroatoms. The second kappa shape index (κ2) is 5.42. The van der Waals surface area contributed by atoms with E-state index in [1.165, 1.54) is 5.56 Å². The average molecular weight is 323 g/mol. The van der Waals surface area contributed by atoms with Gasteiger partial charge in [-0.05, 0) is 56.0 Å². The molecule has 3 aromatic rings. The Hall–Kier alpha value is -2.27. The Bertz CT molecular complexity index is 970. The molecule has 0 bridgehead atoms. The molecule has 0 radical (unpaired) electrons. The fourth-order valence-electron chi connectivity index (χ4n) is 3.29. The number of nitrogens with zero attached hydrogens (tertiary/aromatic N) is 2. The molecule has 1 atom stereocenters. The Kier molecular flexibility index (Phi) is 3.38. The zero-order chi connectivity index (χ0) is 16.0. The molecule has 1 aliphatic rings. The summed E-state index contributed by atoms with van der Waals surface area (Å²) >= 11 is 0.597. The Morgan fingerprint density at radius 3 is 2.91 bits per heavy atom. The second-order valence-electron chi connectivity index (χ2n) is 6.19. The molecule has 0 amide bonds. The first-order valence-electron chi connectivity index (χ1n) is 7.74. The molecular formula is C18H17N3OS. The molecule has 2 heterocycles. The fourth-order valence-corrected chi connectivity index (χ4v) is 3.74. The third-order valence-corrected chi connectivity index (χ3v) is 5.06. The summed E-state index contributed by atoms with van der Waals surface area (Å²) in [5.41, 5.74) is 6.29. The molecular weight excluding hydrogens is 306 g/mol. The molecule has 1 N–H and O–H groups in total. The van der Waals surface area contributed by atoms with Gasteiger partial charge in [0.05, 0.1) is 38.8 Å². The van der Waals surface area contributed by atoms with Crippen molar-refractivity contribution in [1.82, 2.24) is 15.0 Å². The van der Waals surface area contributed by atoms with Crippen molar-refractivity contribution >= 4 is 27.2 Å². The van der Waals surface area contributed by atoms with Crippen molar-refractivity contribution in [3.63, 3.8) is 0 Å². The maximum Gasteiger partial charge on any atom is 0.116 e. The van der Waals surface area contributed by atoms with Crippen LogP contribution >= 0.6 is 0 Å². The predicted octanol–water partition coefficient (Wildman–Crippen LogP) is 3.23. The number of benzene rings is 1. The minimum atomic E-state index is 0.120. The lowest BCUT2D eigenvalue weighted by molar-refractivity contribution is 0.667. The van der Waals surface area contributed by atoms with Gasteiger partial charge in [0.1, 0.15) is 5.82 Å². The van der Waals surface area contributed by atoms with Crippen LogP contribution in [0.4, 0.5) is 0 Å². The minimum absolute atomic E-state index is 0.120. The van der Waals surface area contributed by atoms with E-state index in [1.807, 2.05) is 19.2 Å². The zero-order valence-electron chi connectivity index (χ0n) is 13.1. The quantitative estimate of drug-likeness (QED) is 0.700. The van der Waals surface area contributed by atoms with Crippen LogP contribution in [0.5, 0.6) is 0 Å². The Labute approximate surface area is 138 Å². The highest BCUT2D eigenvalue weighted by atomic mass is 32.1. The fraction of sp³-hybridized carbons (Fsp3) is 0.278. The van der Waals surface area contributed by atoms with Gasteiger partial charge in [-0.1, -0.05) is 6.07 Å². The van der Waals surface area contributed by atoms with E-state index in [2.05, 4.69) is 35.1 Å². The summed E-state index contributed by atoms with van der Waals surface area (Å²) < 4.78 is 11.4. The topological polar surface area (TPSA) is 58.6 Å². The van der Waals surface area contributed by atoms with Crippen molar-refractivity contribution in [3.05, 3.63) is 58.7 Å². The number of H-pyrrole nitrogens is 1. The van der Waals surface area contributed by atoms with Crippen molar-refractivity contribution in [3.8, 4) is 0 Å². The van der Waals surface area contributed by atoms with Crippen molar-refractivity contribution in [2.45, 2.75) is 32.6 Å². The van der Waals surface area contributed by atoms with E-state index < -0.39 is 0 Å². The van der Waals surface area contributed by atoms with Gasteiger partial charge in [0.15, 0.2) is 0 Å². The predicted molar refractivity (Wildman–Crippen MR) is 93.1 cm³/mol. The minimum Gasteiger partial charge on any atom is -0.341 e. The number of pyridine rings is 1. The van der Waals surface area contributed by atoms with Crippen LogP contribution in [0.15, 0.2) is 30.5 Å². The van der Waals surface area contributed by atoms with E-state index in [4.69, 9.17) is 4.98 Å². The third kappa shape index (κ3) is 2.41. The smallest absolute Gasteiger partial charge is 0.116 e. The molecule has 1 aliphatic carbocycles. The highest BCUT2D eigenvalue weighted by Crippen LogP contribution is 2.35. The molecule has 4 rings (SSSR count). The van der Waals surface area contributed by atoms with E-state index in [9.17, 15) is 4.21 Å². The van der Waals surface area contributed by atoms with Gasteiger partial charge in [-0.15, -0.1) is 0 Å². The Balaban J connectivity index is 1.87. The molecule has 23 heavy (non-hydrogen) atoms. The van der Waals surface area contributed by atoms with Gasteiger partial charge in [0.2, 0.25) is 0 Å². The van der Waals surface area contributed by atoms with Crippen LogP contribution < -0.4 is 0 Å². The van der Waals surface area contributed by atoms with Crippen molar-refractivity contribution < 1.29 is 4.21 Å². The summed E-state index contributed by atoms with van der Waals surface area (Å²) in [5, 5.41) is 0. The van der Waals surface area contributed by atoms with Crippen LogP contribution in [-0.4, -0.2) is 24.0 Å². The average Bonchev–Trinajstić information content (AvgIpc) is 2.96. The first kappa shape index (κ1) is 14.3. The normalized spacial score (nSPS) is 17.3.